The Hall–Kier alpha value is -2.37. The fourth-order valence-corrected chi connectivity index (χ4v) is 8.29. The van der Waals surface area contributed by atoms with E-state index in [1.165, 1.54) is 186 Å². The summed E-state index contributed by atoms with van der Waals surface area (Å²) in [7, 11) is 0. The van der Waals surface area contributed by atoms with E-state index >= 15 is 0 Å². The fraction of sp³-hybridized carbons (Fsp3) is 0.847. The van der Waals surface area contributed by atoms with Gasteiger partial charge in [-0.1, -0.05) is 243 Å². The molecule has 0 N–H and O–H groups in total. The summed E-state index contributed by atoms with van der Waals surface area (Å²) in [5, 5.41) is 0. The first-order valence-corrected chi connectivity index (χ1v) is 28.5. The number of rotatable bonds is 52. The van der Waals surface area contributed by atoms with E-state index in [1.54, 1.807) is 0 Å². The van der Waals surface area contributed by atoms with Gasteiger partial charge in [0.05, 0.1) is 0 Å². The molecule has 6 nitrogen and oxygen atoms in total. The molecule has 65 heavy (non-hydrogen) atoms. The van der Waals surface area contributed by atoms with Crippen molar-refractivity contribution < 1.29 is 28.6 Å². The van der Waals surface area contributed by atoms with E-state index in [4.69, 9.17) is 14.2 Å². The van der Waals surface area contributed by atoms with Crippen LogP contribution in [-0.4, -0.2) is 37.2 Å². The zero-order valence-electron chi connectivity index (χ0n) is 43.5. The molecule has 0 amide bonds. The van der Waals surface area contributed by atoms with Crippen LogP contribution in [-0.2, 0) is 28.6 Å². The normalized spacial score (nSPS) is 12.2. The summed E-state index contributed by atoms with van der Waals surface area (Å²) in [5.74, 6) is -0.883. The van der Waals surface area contributed by atoms with Gasteiger partial charge < -0.3 is 14.2 Å². The van der Waals surface area contributed by atoms with Crippen molar-refractivity contribution >= 4 is 17.9 Å². The number of hydrogen-bond donors (Lipinski definition) is 0. The third-order valence-electron chi connectivity index (χ3n) is 12.6. The van der Waals surface area contributed by atoms with Crippen molar-refractivity contribution in [2.75, 3.05) is 13.2 Å². The molecule has 0 saturated carbocycles. The van der Waals surface area contributed by atoms with Gasteiger partial charge in [0.25, 0.3) is 0 Å². The van der Waals surface area contributed by atoms with E-state index in [0.29, 0.717) is 19.3 Å². The second kappa shape index (κ2) is 54.2. The summed E-state index contributed by atoms with van der Waals surface area (Å²) in [5.41, 5.74) is 0. The number of carbonyl (C=O) groups is 3. The van der Waals surface area contributed by atoms with Gasteiger partial charge in [-0.25, -0.2) is 0 Å². The van der Waals surface area contributed by atoms with Crippen molar-refractivity contribution in [2.24, 2.45) is 0 Å². The van der Waals surface area contributed by atoms with Crippen LogP contribution in [0.25, 0.3) is 0 Å². The summed E-state index contributed by atoms with van der Waals surface area (Å²) in [4.78, 5) is 37.8. The number of esters is 3. The Labute approximate surface area is 404 Å². The second-order valence-electron chi connectivity index (χ2n) is 19.2. The van der Waals surface area contributed by atoms with Crippen LogP contribution >= 0.6 is 0 Å². The van der Waals surface area contributed by atoms with Crippen LogP contribution in [0.5, 0.6) is 0 Å². The molecule has 0 rings (SSSR count). The van der Waals surface area contributed by atoms with Crippen molar-refractivity contribution in [1.29, 1.82) is 0 Å². The van der Waals surface area contributed by atoms with Crippen LogP contribution in [0.4, 0.5) is 0 Å². The SMILES string of the molecule is CCCCC/C=C\C/C=C\CCCCCCCCCC(=O)OC(COC(=O)CCCCCCC)COC(=O)CCCCCCCCCCCCCCC/C=C\CCCCCCCCCC. The molecule has 0 heterocycles. The molecule has 0 bridgehead atoms. The molecule has 0 aliphatic heterocycles. The molecular formula is C59H108O6. The first kappa shape index (κ1) is 62.6. The predicted molar refractivity (Wildman–Crippen MR) is 279 cm³/mol. The Morgan fingerprint density at radius 2 is 0.554 bits per heavy atom. The van der Waals surface area contributed by atoms with E-state index in [1.807, 2.05) is 0 Å². The molecule has 0 aromatic heterocycles. The Bertz CT molecular complexity index is 1090. The Balaban J connectivity index is 4.04. The third kappa shape index (κ3) is 52.5. The van der Waals surface area contributed by atoms with E-state index in [-0.39, 0.29) is 31.1 Å². The first-order chi connectivity index (χ1) is 32.0. The van der Waals surface area contributed by atoms with Crippen molar-refractivity contribution in [2.45, 2.75) is 309 Å². The molecule has 1 atom stereocenters. The molecule has 0 aliphatic carbocycles. The maximum atomic E-state index is 12.8. The highest BCUT2D eigenvalue weighted by Gasteiger charge is 2.19. The number of carbonyl (C=O) groups excluding carboxylic acids is 3. The van der Waals surface area contributed by atoms with Crippen LogP contribution in [0.3, 0.4) is 0 Å². The van der Waals surface area contributed by atoms with Gasteiger partial charge in [0.15, 0.2) is 6.10 Å². The van der Waals surface area contributed by atoms with Crippen LogP contribution in [0.1, 0.15) is 303 Å². The van der Waals surface area contributed by atoms with Crippen LogP contribution in [0.2, 0.25) is 0 Å². The average Bonchev–Trinajstić information content (AvgIpc) is 3.30. The highest BCUT2D eigenvalue weighted by molar-refractivity contribution is 5.71. The highest BCUT2D eigenvalue weighted by atomic mass is 16.6. The summed E-state index contributed by atoms with van der Waals surface area (Å²) in [6.07, 6.45) is 64.7. The maximum absolute atomic E-state index is 12.8. The van der Waals surface area contributed by atoms with E-state index in [9.17, 15) is 14.4 Å². The van der Waals surface area contributed by atoms with Crippen LogP contribution in [0, 0.1) is 0 Å². The Kier molecular flexibility index (Phi) is 52.3. The van der Waals surface area contributed by atoms with Crippen molar-refractivity contribution in [3.8, 4) is 0 Å². The quantitative estimate of drug-likeness (QED) is 0.0262. The molecule has 380 valence electrons. The number of hydrogen-bond acceptors (Lipinski definition) is 6. The second-order valence-corrected chi connectivity index (χ2v) is 19.2. The molecule has 6 heteroatoms. The Morgan fingerprint density at radius 1 is 0.308 bits per heavy atom. The lowest BCUT2D eigenvalue weighted by Gasteiger charge is -2.18. The lowest BCUT2D eigenvalue weighted by Crippen LogP contribution is -2.30. The minimum Gasteiger partial charge on any atom is -0.462 e. The lowest BCUT2D eigenvalue weighted by molar-refractivity contribution is -0.167. The van der Waals surface area contributed by atoms with Gasteiger partial charge in [-0.15, -0.1) is 0 Å². The van der Waals surface area contributed by atoms with E-state index < -0.39 is 6.10 Å². The molecular weight excluding hydrogens is 805 g/mol. The van der Waals surface area contributed by atoms with Gasteiger partial charge in [0.1, 0.15) is 13.2 Å². The molecule has 0 aromatic rings. The fourth-order valence-electron chi connectivity index (χ4n) is 8.29. The summed E-state index contributed by atoms with van der Waals surface area (Å²) >= 11 is 0. The van der Waals surface area contributed by atoms with Crippen LogP contribution in [0.15, 0.2) is 36.5 Å². The van der Waals surface area contributed by atoms with Crippen molar-refractivity contribution in [3.63, 3.8) is 0 Å². The minimum atomic E-state index is -0.771. The molecule has 0 saturated heterocycles. The van der Waals surface area contributed by atoms with Gasteiger partial charge in [-0.3, -0.25) is 14.4 Å². The number of allylic oxidation sites excluding steroid dienone is 6. The lowest BCUT2D eigenvalue weighted by atomic mass is 10.0. The maximum Gasteiger partial charge on any atom is 0.306 e. The molecule has 0 radical (unpaired) electrons. The average molecular weight is 914 g/mol. The minimum absolute atomic E-state index is 0.0733. The highest BCUT2D eigenvalue weighted by Crippen LogP contribution is 2.16. The van der Waals surface area contributed by atoms with Crippen molar-refractivity contribution in [1.82, 2.24) is 0 Å². The number of ether oxygens (including phenoxy) is 3. The molecule has 0 spiro atoms. The Morgan fingerprint density at radius 3 is 0.892 bits per heavy atom. The first-order valence-electron chi connectivity index (χ1n) is 28.5. The topological polar surface area (TPSA) is 78.9 Å². The van der Waals surface area contributed by atoms with Gasteiger partial charge >= 0.3 is 17.9 Å². The van der Waals surface area contributed by atoms with Crippen molar-refractivity contribution in [3.05, 3.63) is 36.5 Å². The van der Waals surface area contributed by atoms with Gasteiger partial charge in [-0.05, 0) is 77.0 Å². The van der Waals surface area contributed by atoms with Gasteiger partial charge in [0.2, 0.25) is 0 Å². The van der Waals surface area contributed by atoms with E-state index in [2.05, 4.69) is 57.2 Å². The van der Waals surface area contributed by atoms with Crippen LogP contribution < -0.4 is 0 Å². The third-order valence-corrected chi connectivity index (χ3v) is 12.6. The summed E-state index contributed by atoms with van der Waals surface area (Å²) < 4.78 is 16.7. The summed E-state index contributed by atoms with van der Waals surface area (Å²) in [6.45, 7) is 6.55. The van der Waals surface area contributed by atoms with Gasteiger partial charge in [0, 0.05) is 19.3 Å². The standard InChI is InChI=1S/C59H108O6/c1-4-7-10-13-15-17-19-21-23-25-26-27-28-29-30-31-32-34-35-37-39-41-43-46-49-52-58(61)64-55-56(54-63-57(60)51-48-45-12-9-6-3)65-59(62)53-50-47-44-42-40-38-36-33-24-22-20-18-16-14-11-8-5-2/h16,18,22,24-26,56H,4-15,17,19-21,23,27-55H2,1-3H3/b18-16-,24-22-,26-25-. The monoisotopic (exact) mass is 913 g/mol. The van der Waals surface area contributed by atoms with E-state index in [0.717, 1.165) is 77.0 Å². The molecule has 0 fully saturated rings. The largest absolute Gasteiger partial charge is 0.462 e. The number of unbranched alkanes of at least 4 members (excludes halogenated alkanes) is 35. The molecule has 0 aromatic carbocycles. The zero-order chi connectivity index (χ0) is 47.2. The molecule has 1 unspecified atom stereocenters. The summed E-state index contributed by atoms with van der Waals surface area (Å²) in [6, 6.07) is 0. The smallest absolute Gasteiger partial charge is 0.306 e. The zero-order valence-corrected chi connectivity index (χ0v) is 43.5. The molecule has 0 aliphatic rings. The van der Waals surface area contributed by atoms with Gasteiger partial charge in [-0.2, -0.15) is 0 Å². The predicted octanol–water partition coefficient (Wildman–Crippen LogP) is 18.9.